The normalized spacial score (nSPS) is 16.5. The fourth-order valence-corrected chi connectivity index (χ4v) is 3.32. The number of guanidine groups is 1. The van der Waals surface area contributed by atoms with Crippen LogP contribution in [0.5, 0.6) is 0 Å². The van der Waals surface area contributed by atoms with E-state index >= 15 is 0 Å². The summed E-state index contributed by atoms with van der Waals surface area (Å²) in [6.45, 7) is 12.2. The first-order chi connectivity index (χ1) is 13.2. The highest BCUT2D eigenvalue weighted by Crippen LogP contribution is 2.21. The molecule has 0 aliphatic carbocycles. The van der Waals surface area contributed by atoms with Crippen LogP contribution in [0.3, 0.4) is 0 Å². The zero-order valence-electron chi connectivity index (χ0n) is 17.3. The van der Waals surface area contributed by atoms with Gasteiger partial charge in [-0.3, -0.25) is 9.89 Å². The molecule has 0 amide bonds. The Bertz CT molecular complexity index is 562. The fraction of sp³-hybridized carbons (Fsp3) is 0.650. The van der Waals surface area contributed by atoms with Crippen LogP contribution in [0.2, 0.25) is 0 Å². The van der Waals surface area contributed by atoms with Crippen LogP contribution in [0.25, 0.3) is 0 Å². The molecule has 8 heteroatoms. The lowest BCUT2D eigenvalue weighted by molar-refractivity contribution is 0.0170. The molecule has 1 aromatic rings. The van der Waals surface area contributed by atoms with Crippen molar-refractivity contribution in [3.05, 3.63) is 35.6 Å². The SMILES string of the molecule is CCN(CC)CCNC(=NC)NCC(c1ccc(F)cc1)N1CCOCC1.I. The van der Waals surface area contributed by atoms with E-state index in [-0.39, 0.29) is 35.8 Å². The molecular formula is C20H35FIN5O. The molecule has 1 aliphatic heterocycles. The number of morpholine rings is 1. The van der Waals surface area contributed by atoms with Crippen molar-refractivity contribution in [3.63, 3.8) is 0 Å². The topological polar surface area (TPSA) is 52.1 Å². The highest BCUT2D eigenvalue weighted by Gasteiger charge is 2.23. The molecule has 0 spiro atoms. The lowest BCUT2D eigenvalue weighted by atomic mass is 10.0. The van der Waals surface area contributed by atoms with Gasteiger partial charge in [0.05, 0.1) is 19.3 Å². The second-order valence-electron chi connectivity index (χ2n) is 6.62. The maximum Gasteiger partial charge on any atom is 0.191 e. The van der Waals surface area contributed by atoms with Crippen molar-refractivity contribution in [2.24, 2.45) is 4.99 Å². The molecule has 1 fully saturated rings. The Kier molecular flexibility index (Phi) is 12.6. The average molecular weight is 507 g/mol. The molecule has 1 atom stereocenters. The maximum atomic E-state index is 13.3. The molecule has 1 heterocycles. The molecule has 0 saturated carbocycles. The van der Waals surface area contributed by atoms with Gasteiger partial charge in [-0.15, -0.1) is 24.0 Å². The zero-order valence-corrected chi connectivity index (χ0v) is 19.6. The van der Waals surface area contributed by atoms with Gasteiger partial charge in [-0.25, -0.2) is 4.39 Å². The number of halogens is 2. The van der Waals surface area contributed by atoms with Crippen molar-refractivity contribution in [1.29, 1.82) is 0 Å². The van der Waals surface area contributed by atoms with E-state index in [4.69, 9.17) is 4.74 Å². The minimum Gasteiger partial charge on any atom is -0.379 e. The molecule has 28 heavy (non-hydrogen) atoms. The quantitative estimate of drug-likeness (QED) is 0.306. The molecule has 2 rings (SSSR count). The molecule has 1 saturated heterocycles. The molecule has 6 nitrogen and oxygen atoms in total. The Morgan fingerprint density at radius 2 is 1.82 bits per heavy atom. The summed E-state index contributed by atoms with van der Waals surface area (Å²) in [4.78, 5) is 9.09. The van der Waals surface area contributed by atoms with Crippen molar-refractivity contribution in [3.8, 4) is 0 Å². The van der Waals surface area contributed by atoms with Crippen LogP contribution in [0, 0.1) is 5.82 Å². The van der Waals surface area contributed by atoms with E-state index in [2.05, 4.69) is 39.3 Å². The third kappa shape index (κ3) is 8.18. The van der Waals surface area contributed by atoms with Gasteiger partial charge >= 0.3 is 0 Å². The number of hydrogen-bond acceptors (Lipinski definition) is 4. The number of likely N-dealkylation sites (N-methyl/N-ethyl adjacent to an activating group) is 1. The third-order valence-electron chi connectivity index (χ3n) is 5.04. The number of nitrogens with one attached hydrogen (secondary N) is 2. The molecule has 1 aromatic carbocycles. The van der Waals surface area contributed by atoms with Gasteiger partial charge in [-0.1, -0.05) is 26.0 Å². The summed E-state index contributed by atoms with van der Waals surface area (Å²) in [5.41, 5.74) is 1.10. The van der Waals surface area contributed by atoms with Crippen LogP contribution in [0.1, 0.15) is 25.5 Å². The van der Waals surface area contributed by atoms with Gasteiger partial charge in [0.15, 0.2) is 5.96 Å². The Labute approximate surface area is 185 Å². The van der Waals surface area contributed by atoms with Crippen molar-refractivity contribution >= 4 is 29.9 Å². The van der Waals surface area contributed by atoms with E-state index in [0.717, 1.165) is 64.0 Å². The third-order valence-corrected chi connectivity index (χ3v) is 5.04. The van der Waals surface area contributed by atoms with E-state index in [1.54, 1.807) is 7.05 Å². The average Bonchev–Trinajstić information content (AvgIpc) is 2.72. The van der Waals surface area contributed by atoms with Crippen molar-refractivity contribution in [2.45, 2.75) is 19.9 Å². The van der Waals surface area contributed by atoms with Gasteiger partial charge in [-0.05, 0) is 30.8 Å². The monoisotopic (exact) mass is 507 g/mol. The molecule has 2 N–H and O–H groups in total. The number of aliphatic imine (C=N–C) groups is 1. The van der Waals surface area contributed by atoms with Crippen LogP contribution in [0.15, 0.2) is 29.3 Å². The summed E-state index contributed by atoms with van der Waals surface area (Å²) in [5.74, 6) is 0.587. The van der Waals surface area contributed by atoms with E-state index in [1.807, 2.05) is 12.1 Å². The molecule has 160 valence electrons. The molecule has 1 unspecified atom stereocenters. The molecule has 0 aromatic heterocycles. The highest BCUT2D eigenvalue weighted by atomic mass is 127. The van der Waals surface area contributed by atoms with Gasteiger partial charge in [0.2, 0.25) is 0 Å². The summed E-state index contributed by atoms with van der Waals surface area (Å²) >= 11 is 0. The van der Waals surface area contributed by atoms with Crippen molar-refractivity contribution in [2.75, 3.05) is 66.1 Å². The number of rotatable bonds is 9. The Hall–Kier alpha value is -0.970. The zero-order chi connectivity index (χ0) is 19.5. The smallest absolute Gasteiger partial charge is 0.191 e. The van der Waals surface area contributed by atoms with Crippen molar-refractivity contribution < 1.29 is 9.13 Å². The minimum atomic E-state index is -0.207. The first-order valence-electron chi connectivity index (χ1n) is 9.92. The number of hydrogen-bond donors (Lipinski definition) is 2. The molecule has 0 radical (unpaired) electrons. The second kappa shape index (κ2) is 14.1. The maximum absolute atomic E-state index is 13.3. The van der Waals surface area contributed by atoms with Crippen LogP contribution in [-0.4, -0.2) is 81.8 Å². The highest BCUT2D eigenvalue weighted by molar-refractivity contribution is 14.0. The van der Waals surface area contributed by atoms with Crippen LogP contribution in [0.4, 0.5) is 4.39 Å². The summed E-state index contributed by atoms with van der Waals surface area (Å²) in [6.07, 6.45) is 0. The van der Waals surface area contributed by atoms with Gasteiger partial charge in [0.25, 0.3) is 0 Å². The van der Waals surface area contributed by atoms with Gasteiger partial charge in [0.1, 0.15) is 5.82 Å². The number of benzene rings is 1. The Balaban J connectivity index is 0.00000392. The van der Waals surface area contributed by atoms with E-state index in [0.29, 0.717) is 6.54 Å². The predicted octanol–water partition coefficient (Wildman–Crippen LogP) is 2.32. The lowest BCUT2D eigenvalue weighted by Gasteiger charge is -2.35. The van der Waals surface area contributed by atoms with Crippen LogP contribution < -0.4 is 10.6 Å². The summed E-state index contributed by atoms with van der Waals surface area (Å²) in [5, 5.41) is 6.82. The summed E-state index contributed by atoms with van der Waals surface area (Å²) in [7, 11) is 1.79. The molecule has 0 bridgehead atoms. The van der Waals surface area contributed by atoms with Crippen molar-refractivity contribution in [1.82, 2.24) is 20.4 Å². The molecular weight excluding hydrogens is 472 g/mol. The van der Waals surface area contributed by atoms with Gasteiger partial charge in [0, 0.05) is 39.8 Å². The second-order valence-corrected chi connectivity index (χ2v) is 6.62. The van der Waals surface area contributed by atoms with E-state index in [1.165, 1.54) is 12.1 Å². The fourth-order valence-electron chi connectivity index (χ4n) is 3.32. The molecule has 1 aliphatic rings. The number of nitrogens with zero attached hydrogens (tertiary/aromatic N) is 3. The van der Waals surface area contributed by atoms with Gasteiger partial charge in [-0.2, -0.15) is 0 Å². The predicted molar refractivity (Wildman–Crippen MR) is 124 cm³/mol. The first kappa shape index (κ1) is 25.1. The largest absolute Gasteiger partial charge is 0.379 e. The van der Waals surface area contributed by atoms with Gasteiger partial charge < -0.3 is 20.3 Å². The standard InChI is InChI=1S/C20H34FN5O.HI/c1-4-25(5-2)11-10-23-20(22-3)24-16-19(26-12-14-27-15-13-26)17-6-8-18(21)9-7-17;/h6-9,19H,4-5,10-16H2,1-3H3,(H2,22,23,24);1H. The van der Waals surface area contributed by atoms with Crippen LogP contribution >= 0.6 is 24.0 Å². The minimum absolute atomic E-state index is 0. The first-order valence-corrected chi connectivity index (χ1v) is 9.92. The Morgan fingerprint density at radius 3 is 2.39 bits per heavy atom. The summed E-state index contributed by atoms with van der Waals surface area (Å²) in [6, 6.07) is 6.94. The van der Waals surface area contributed by atoms with Crippen LogP contribution in [-0.2, 0) is 4.74 Å². The van der Waals surface area contributed by atoms with E-state index in [9.17, 15) is 4.39 Å². The number of ether oxygens (including phenoxy) is 1. The summed E-state index contributed by atoms with van der Waals surface area (Å²) < 4.78 is 18.8. The lowest BCUT2D eigenvalue weighted by Crippen LogP contribution is -2.47. The Morgan fingerprint density at radius 1 is 1.18 bits per heavy atom. The van der Waals surface area contributed by atoms with E-state index < -0.39 is 0 Å².